The number of hydrogen-bond acceptors (Lipinski definition) is 8. The number of piperidine rings is 1. The largest absolute Gasteiger partial charge is 0.467 e. The number of amides is 1. The summed E-state index contributed by atoms with van der Waals surface area (Å²) in [5.74, 6) is 1.94. The number of nitrogens with one attached hydrogen (secondary N) is 2. The Morgan fingerprint density at radius 3 is 2.59 bits per heavy atom. The molecule has 1 amide bonds. The molecule has 0 aromatic carbocycles. The van der Waals surface area contributed by atoms with Gasteiger partial charge in [-0.1, -0.05) is 34.6 Å². The lowest BCUT2D eigenvalue weighted by molar-refractivity contribution is -0.142. The molecule has 9 nitrogen and oxygen atoms in total. The smallest absolute Gasteiger partial charge is 0.302 e. The average Bonchev–Trinajstić information content (AvgIpc) is 3.32. The zero-order chi connectivity index (χ0) is 25.6. The Kier molecular flexibility index (Phi) is 12.8. The summed E-state index contributed by atoms with van der Waals surface area (Å²) in [5.41, 5.74) is 0.171. The van der Waals surface area contributed by atoms with Crippen LogP contribution in [0.1, 0.15) is 69.9 Å². The third kappa shape index (κ3) is 9.47. The molecule has 11 heteroatoms. The van der Waals surface area contributed by atoms with Crippen LogP contribution < -0.4 is 10.6 Å². The molecular weight excluding hydrogens is 517 g/mol. The number of furan rings is 1. The van der Waals surface area contributed by atoms with Crippen molar-refractivity contribution in [1.82, 2.24) is 20.2 Å². The third-order valence-electron chi connectivity index (χ3n) is 5.90. The van der Waals surface area contributed by atoms with Crippen molar-refractivity contribution < 1.29 is 18.7 Å². The van der Waals surface area contributed by atoms with E-state index in [0.717, 1.165) is 18.7 Å². The van der Waals surface area contributed by atoms with E-state index in [4.69, 9.17) is 14.1 Å². The summed E-state index contributed by atoms with van der Waals surface area (Å²) < 4.78 is 10.7. The first kappa shape index (κ1) is 32.7. The molecule has 2 N–H and O–H groups in total. The first-order valence-corrected chi connectivity index (χ1v) is 12.3. The molecule has 3 heterocycles. The quantitative estimate of drug-likeness (QED) is 0.435. The lowest BCUT2D eigenvalue weighted by atomic mass is 9.94. The minimum atomic E-state index is -0.286. The van der Waals surface area contributed by atoms with Gasteiger partial charge in [0.05, 0.1) is 19.4 Å². The van der Waals surface area contributed by atoms with Crippen LogP contribution in [-0.4, -0.2) is 59.0 Å². The fourth-order valence-corrected chi connectivity index (χ4v) is 4.17. The Morgan fingerprint density at radius 1 is 1.27 bits per heavy atom. The highest BCUT2D eigenvalue weighted by atomic mass is 35.5. The van der Waals surface area contributed by atoms with Crippen molar-refractivity contribution in [3.8, 4) is 0 Å². The van der Waals surface area contributed by atoms with Gasteiger partial charge in [-0.25, -0.2) is 9.97 Å². The van der Waals surface area contributed by atoms with E-state index in [1.807, 2.05) is 37.8 Å². The van der Waals surface area contributed by atoms with Crippen molar-refractivity contribution in [2.45, 2.75) is 66.0 Å². The van der Waals surface area contributed by atoms with E-state index in [1.165, 1.54) is 6.92 Å². The van der Waals surface area contributed by atoms with Crippen LogP contribution in [0, 0.1) is 11.8 Å². The maximum Gasteiger partial charge on any atom is 0.302 e. The summed E-state index contributed by atoms with van der Waals surface area (Å²) in [6, 6.07) is 3.68. The standard InChI is InChI=1S/C26H39N5O4.2ClH/c1-17(2)15-31(20-10-19(11-27-12-20)16-35-18(3)32)24(33)22-14-29-25(26(4,5)6)30-23(22)28-13-21-8-7-9-34-21;;/h7-9,14,17,19-20,27H,10-13,15-16H2,1-6H3,(H,28,29,30);2*1H. The number of halogens is 2. The highest BCUT2D eigenvalue weighted by Crippen LogP contribution is 2.26. The molecule has 2 aromatic rings. The molecule has 3 rings (SSSR count). The van der Waals surface area contributed by atoms with E-state index in [0.29, 0.717) is 43.4 Å². The van der Waals surface area contributed by atoms with Crippen LogP contribution in [0.2, 0.25) is 0 Å². The van der Waals surface area contributed by atoms with Gasteiger partial charge in [0.1, 0.15) is 23.0 Å². The lowest BCUT2D eigenvalue weighted by Crippen LogP contribution is -2.53. The third-order valence-corrected chi connectivity index (χ3v) is 5.90. The average molecular weight is 559 g/mol. The Labute approximate surface area is 232 Å². The van der Waals surface area contributed by atoms with Crippen molar-refractivity contribution in [1.29, 1.82) is 0 Å². The van der Waals surface area contributed by atoms with E-state index in [2.05, 4.69) is 29.5 Å². The number of carbonyl (C=O) groups excluding carboxylic acids is 2. The normalized spacial score (nSPS) is 17.4. The van der Waals surface area contributed by atoms with Gasteiger partial charge in [-0.3, -0.25) is 9.59 Å². The van der Waals surface area contributed by atoms with E-state index >= 15 is 0 Å². The molecule has 1 fully saturated rings. The number of carbonyl (C=O) groups is 2. The van der Waals surface area contributed by atoms with Crippen LogP contribution in [-0.2, 0) is 21.5 Å². The SMILES string of the molecule is CC(=O)OCC1CNCC(N(CC(C)C)C(=O)c2cnc(C(C)(C)C)nc2NCc2ccco2)C1.Cl.Cl. The molecule has 1 saturated heterocycles. The Bertz CT molecular complexity index is 995. The Balaban J connectivity index is 0.00000342. The van der Waals surface area contributed by atoms with Gasteiger partial charge < -0.3 is 24.7 Å². The number of rotatable bonds is 9. The molecule has 0 spiro atoms. The first-order chi connectivity index (χ1) is 16.5. The highest BCUT2D eigenvalue weighted by molar-refractivity contribution is 5.98. The van der Waals surface area contributed by atoms with E-state index in [9.17, 15) is 9.59 Å². The fourth-order valence-electron chi connectivity index (χ4n) is 4.17. The van der Waals surface area contributed by atoms with E-state index < -0.39 is 0 Å². The molecular formula is C26H41Cl2N5O4. The molecule has 2 unspecified atom stereocenters. The van der Waals surface area contributed by atoms with Crippen molar-refractivity contribution in [2.24, 2.45) is 11.8 Å². The highest BCUT2D eigenvalue weighted by Gasteiger charge is 2.33. The fraction of sp³-hybridized carbons (Fsp3) is 0.615. The zero-order valence-corrected chi connectivity index (χ0v) is 24.2. The molecule has 1 aliphatic rings. The van der Waals surface area contributed by atoms with Crippen LogP contribution in [0.4, 0.5) is 5.82 Å². The summed E-state index contributed by atoms with van der Waals surface area (Å²) in [4.78, 5) is 36.5. The second kappa shape index (κ2) is 14.5. The van der Waals surface area contributed by atoms with Crippen LogP contribution in [0.15, 0.2) is 29.0 Å². The maximum atomic E-state index is 14.0. The van der Waals surface area contributed by atoms with Crippen molar-refractivity contribution >= 4 is 42.5 Å². The van der Waals surface area contributed by atoms with Gasteiger partial charge in [0.25, 0.3) is 5.91 Å². The maximum absolute atomic E-state index is 14.0. The van der Waals surface area contributed by atoms with Gasteiger partial charge in [-0.15, -0.1) is 24.8 Å². The monoisotopic (exact) mass is 557 g/mol. The molecule has 2 atom stereocenters. The van der Waals surface area contributed by atoms with Gasteiger partial charge in [-0.05, 0) is 24.5 Å². The number of esters is 1. The molecule has 1 aliphatic heterocycles. The van der Waals surface area contributed by atoms with Crippen molar-refractivity contribution in [3.05, 3.63) is 41.7 Å². The molecule has 37 heavy (non-hydrogen) atoms. The van der Waals surface area contributed by atoms with Gasteiger partial charge in [0, 0.05) is 50.1 Å². The van der Waals surface area contributed by atoms with Crippen LogP contribution in [0.25, 0.3) is 0 Å². The first-order valence-electron chi connectivity index (χ1n) is 12.3. The second-order valence-electron chi connectivity index (χ2n) is 10.7. The van der Waals surface area contributed by atoms with E-state index in [-0.39, 0.29) is 60.0 Å². The van der Waals surface area contributed by atoms with Gasteiger partial charge in [-0.2, -0.15) is 0 Å². The topological polar surface area (TPSA) is 110 Å². The van der Waals surface area contributed by atoms with Crippen LogP contribution >= 0.6 is 24.8 Å². The number of ether oxygens (including phenoxy) is 1. The summed E-state index contributed by atoms with van der Waals surface area (Å²) in [6.45, 7) is 14.6. The molecule has 208 valence electrons. The van der Waals surface area contributed by atoms with Crippen LogP contribution in [0.5, 0.6) is 0 Å². The molecule has 2 aromatic heterocycles. The molecule has 0 aliphatic carbocycles. The molecule has 0 radical (unpaired) electrons. The molecule has 0 saturated carbocycles. The van der Waals surface area contributed by atoms with Gasteiger partial charge in [0.15, 0.2) is 0 Å². The summed E-state index contributed by atoms with van der Waals surface area (Å²) in [5, 5.41) is 6.71. The van der Waals surface area contributed by atoms with E-state index in [1.54, 1.807) is 12.5 Å². The Morgan fingerprint density at radius 2 is 2.00 bits per heavy atom. The van der Waals surface area contributed by atoms with Crippen LogP contribution in [0.3, 0.4) is 0 Å². The molecule has 0 bridgehead atoms. The summed E-state index contributed by atoms with van der Waals surface area (Å²) >= 11 is 0. The minimum Gasteiger partial charge on any atom is -0.467 e. The zero-order valence-electron chi connectivity index (χ0n) is 22.6. The second-order valence-corrected chi connectivity index (χ2v) is 10.7. The van der Waals surface area contributed by atoms with Gasteiger partial charge in [0.2, 0.25) is 0 Å². The predicted molar refractivity (Wildman–Crippen MR) is 149 cm³/mol. The summed E-state index contributed by atoms with van der Waals surface area (Å²) in [6.07, 6.45) is 4.02. The minimum absolute atomic E-state index is 0. The predicted octanol–water partition coefficient (Wildman–Crippen LogP) is 4.46. The van der Waals surface area contributed by atoms with Crippen molar-refractivity contribution in [2.75, 3.05) is 31.6 Å². The summed E-state index contributed by atoms with van der Waals surface area (Å²) in [7, 11) is 0. The van der Waals surface area contributed by atoms with Gasteiger partial charge >= 0.3 is 5.97 Å². The van der Waals surface area contributed by atoms with Crippen molar-refractivity contribution in [3.63, 3.8) is 0 Å². The number of hydrogen-bond donors (Lipinski definition) is 2. The lowest BCUT2D eigenvalue weighted by Gasteiger charge is -2.39. The number of nitrogens with zero attached hydrogens (tertiary/aromatic N) is 3. The number of aromatic nitrogens is 2. The Hall–Kier alpha value is -2.36. The number of anilines is 1.